The van der Waals surface area contributed by atoms with Crippen LogP contribution in [0.5, 0.6) is 0 Å². The summed E-state index contributed by atoms with van der Waals surface area (Å²) < 4.78 is 0.927. The topological polar surface area (TPSA) is 58.4 Å². The summed E-state index contributed by atoms with van der Waals surface area (Å²) in [5.41, 5.74) is 8.90. The molecule has 1 saturated heterocycles. The van der Waals surface area contributed by atoms with Gasteiger partial charge in [-0.1, -0.05) is 34.5 Å². The van der Waals surface area contributed by atoms with Crippen molar-refractivity contribution >= 4 is 50.5 Å². The van der Waals surface area contributed by atoms with Gasteiger partial charge in [0, 0.05) is 23.1 Å². The lowest BCUT2D eigenvalue weighted by atomic mass is 9.98. The fourth-order valence-corrected chi connectivity index (χ4v) is 3.48. The molecule has 0 radical (unpaired) electrons. The Morgan fingerprint density at radius 1 is 1.24 bits per heavy atom. The first-order valence-electron chi connectivity index (χ1n) is 8.35. The van der Waals surface area contributed by atoms with Crippen molar-refractivity contribution in [3.05, 3.63) is 51.5 Å². The van der Waals surface area contributed by atoms with Crippen molar-refractivity contribution in [2.45, 2.75) is 19.8 Å². The predicted molar refractivity (Wildman–Crippen MR) is 109 cm³/mol. The molecule has 2 aromatic carbocycles. The molecule has 4 nitrogen and oxygen atoms in total. The smallest absolute Gasteiger partial charge is 0.255 e. The van der Waals surface area contributed by atoms with Gasteiger partial charge in [0.25, 0.3) is 5.91 Å². The molecular weight excluding hydrogens is 402 g/mol. The third-order valence-corrected chi connectivity index (χ3v) is 5.44. The largest absolute Gasteiger partial charge is 0.397 e. The number of anilines is 3. The number of piperidine rings is 1. The molecule has 6 heteroatoms. The van der Waals surface area contributed by atoms with Gasteiger partial charge in [-0.2, -0.15) is 0 Å². The van der Waals surface area contributed by atoms with E-state index in [1.54, 1.807) is 18.2 Å². The van der Waals surface area contributed by atoms with Crippen molar-refractivity contribution in [1.29, 1.82) is 0 Å². The van der Waals surface area contributed by atoms with Gasteiger partial charge < -0.3 is 16.0 Å². The second kappa shape index (κ2) is 7.67. The molecule has 1 heterocycles. The molecule has 0 unspecified atom stereocenters. The minimum atomic E-state index is -0.197. The molecule has 2 aromatic rings. The Bertz CT molecular complexity index is 771. The van der Waals surface area contributed by atoms with Crippen LogP contribution < -0.4 is 16.0 Å². The number of nitrogens with one attached hydrogen (secondary N) is 1. The van der Waals surface area contributed by atoms with E-state index in [0.717, 1.165) is 42.0 Å². The Labute approximate surface area is 161 Å². The van der Waals surface area contributed by atoms with E-state index < -0.39 is 0 Å². The highest BCUT2D eigenvalue weighted by atomic mass is 79.9. The molecule has 0 bridgehead atoms. The van der Waals surface area contributed by atoms with Crippen LogP contribution in [-0.4, -0.2) is 19.0 Å². The maximum absolute atomic E-state index is 12.5. The highest BCUT2D eigenvalue weighted by molar-refractivity contribution is 9.10. The molecule has 0 aliphatic carbocycles. The molecule has 3 rings (SSSR count). The molecule has 1 fully saturated rings. The lowest BCUT2D eigenvalue weighted by molar-refractivity contribution is 0.102. The Morgan fingerprint density at radius 2 is 1.88 bits per heavy atom. The van der Waals surface area contributed by atoms with E-state index in [1.807, 2.05) is 18.2 Å². The minimum absolute atomic E-state index is 0.197. The van der Waals surface area contributed by atoms with Gasteiger partial charge in [0.15, 0.2) is 0 Å². The Balaban J connectivity index is 1.82. The lowest BCUT2D eigenvalue weighted by Crippen LogP contribution is -2.33. The van der Waals surface area contributed by atoms with E-state index in [4.69, 9.17) is 17.3 Å². The molecule has 132 valence electrons. The van der Waals surface area contributed by atoms with Gasteiger partial charge in [-0.25, -0.2) is 0 Å². The third kappa shape index (κ3) is 4.28. The quantitative estimate of drug-likeness (QED) is 0.671. The summed E-state index contributed by atoms with van der Waals surface area (Å²) in [6.45, 7) is 4.20. The monoisotopic (exact) mass is 421 g/mol. The summed E-state index contributed by atoms with van der Waals surface area (Å²) in [7, 11) is 0. The van der Waals surface area contributed by atoms with E-state index in [-0.39, 0.29) is 5.91 Å². The van der Waals surface area contributed by atoms with Crippen molar-refractivity contribution in [2.75, 3.05) is 29.0 Å². The Hall–Kier alpha value is -1.72. The van der Waals surface area contributed by atoms with Gasteiger partial charge in [-0.05, 0) is 55.2 Å². The van der Waals surface area contributed by atoms with Crippen LogP contribution in [0.4, 0.5) is 17.1 Å². The van der Waals surface area contributed by atoms with Crippen LogP contribution in [0.1, 0.15) is 30.1 Å². The van der Waals surface area contributed by atoms with Crippen LogP contribution >= 0.6 is 27.5 Å². The number of hydrogen-bond donors (Lipinski definition) is 2. The number of carbonyl (C=O) groups is 1. The number of rotatable bonds is 3. The normalized spacial score (nSPS) is 15.2. The number of amides is 1. The summed E-state index contributed by atoms with van der Waals surface area (Å²) in [5.74, 6) is 0.541. The average molecular weight is 423 g/mol. The molecular formula is C19H21BrClN3O. The zero-order chi connectivity index (χ0) is 18.0. The van der Waals surface area contributed by atoms with E-state index >= 15 is 0 Å². The van der Waals surface area contributed by atoms with Gasteiger partial charge in [-0.3, -0.25) is 4.79 Å². The summed E-state index contributed by atoms with van der Waals surface area (Å²) in [6, 6.07) is 10.8. The van der Waals surface area contributed by atoms with E-state index in [1.165, 1.54) is 0 Å². The molecule has 1 aliphatic rings. The molecule has 1 amide bonds. The maximum atomic E-state index is 12.5. The van der Waals surface area contributed by atoms with Crippen molar-refractivity contribution in [2.24, 2.45) is 5.92 Å². The van der Waals surface area contributed by atoms with Crippen LogP contribution in [-0.2, 0) is 0 Å². The van der Waals surface area contributed by atoms with Gasteiger partial charge in [0.1, 0.15) is 0 Å². The van der Waals surface area contributed by atoms with Gasteiger partial charge in [0.2, 0.25) is 0 Å². The second-order valence-corrected chi connectivity index (χ2v) is 7.84. The Kier molecular flexibility index (Phi) is 5.54. The van der Waals surface area contributed by atoms with Gasteiger partial charge in [0.05, 0.1) is 22.1 Å². The highest BCUT2D eigenvalue weighted by Gasteiger charge is 2.20. The SMILES string of the molecule is CC1CCN(c2cc(NC(=O)c3ccc(Br)cc3)c(Cl)cc2N)CC1. The maximum Gasteiger partial charge on any atom is 0.255 e. The second-order valence-electron chi connectivity index (χ2n) is 6.52. The first kappa shape index (κ1) is 18.1. The lowest BCUT2D eigenvalue weighted by Gasteiger charge is -2.33. The van der Waals surface area contributed by atoms with Gasteiger partial charge >= 0.3 is 0 Å². The fraction of sp³-hybridized carbons (Fsp3) is 0.316. The molecule has 1 aliphatic heterocycles. The number of nitrogens with zero attached hydrogens (tertiary/aromatic N) is 1. The predicted octanol–water partition coefficient (Wildman–Crippen LogP) is 5.17. The fourth-order valence-electron chi connectivity index (χ4n) is 2.99. The average Bonchev–Trinajstić information content (AvgIpc) is 2.59. The molecule has 25 heavy (non-hydrogen) atoms. The minimum Gasteiger partial charge on any atom is -0.397 e. The first-order valence-corrected chi connectivity index (χ1v) is 9.52. The van der Waals surface area contributed by atoms with E-state index in [9.17, 15) is 4.79 Å². The van der Waals surface area contributed by atoms with Gasteiger partial charge in [-0.15, -0.1) is 0 Å². The number of hydrogen-bond acceptors (Lipinski definition) is 3. The van der Waals surface area contributed by atoms with Crippen LogP contribution in [0.2, 0.25) is 5.02 Å². The van der Waals surface area contributed by atoms with Crippen molar-refractivity contribution < 1.29 is 4.79 Å². The van der Waals surface area contributed by atoms with Crippen LogP contribution in [0.25, 0.3) is 0 Å². The number of nitrogen functional groups attached to an aromatic ring is 1. The van der Waals surface area contributed by atoms with E-state index in [0.29, 0.717) is 22.0 Å². The number of halogens is 2. The van der Waals surface area contributed by atoms with Crippen molar-refractivity contribution in [3.63, 3.8) is 0 Å². The van der Waals surface area contributed by atoms with Crippen molar-refractivity contribution in [1.82, 2.24) is 0 Å². The summed E-state index contributed by atoms with van der Waals surface area (Å²) >= 11 is 9.67. The third-order valence-electron chi connectivity index (χ3n) is 4.60. The van der Waals surface area contributed by atoms with Crippen LogP contribution in [0.3, 0.4) is 0 Å². The van der Waals surface area contributed by atoms with Crippen LogP contribution in [0, 0.1) is 5.92 Å². The zero-order valence-corrected chi connectivity index (χ0v) is 16.4. The first-order chi connectivity index (χ1) is 11.9. The highest BCUT2D eigenvalue weighted by Crippen LogP contribution is 2.35. The summed E-state index contributed by atoms with van der Waals surface area (Å²) in [6.07, 6.45) is 2.28. The standard InChI is InChI=1S/C19H21BrClN3O/c1-12-6-8-24(9-7-12)18-11-17(15(21)10-16(18)22)23-19(25)13-2-4-14(20)5-3-13/h2-5,10-12H,6-9,22H2,1H3,(H,23,25). The summed E-state index contributed by atoms with van der Waals surface area (Å²) in [5, 5.41) is 3.33. The molecule has 0 spiro atoms. The molecule has 3 N–H and O–H groups in total. The van der Waals surface area contributed by atoms with Crippen LogP contribution in [0.15, 0.2) is 40.9 Å². The number of benzene rings is 2. The Morgan fingerprint density at radius 3 is 2.52 bits per heavy atom. The van der Waals surface area contributed by atoms with E-state index in [2.05, 4.69) is 33.1 Å². The number of carbonyl (C=O) groups excluding carboxylic acids is 1. The summed E-state index contributed by atoms with van der Waals surface area (Å²) in [4.78, 5) is 14.7. The molecule has 0 aromatic heterocycles. The molecule has 0 saturated carbocycles. The zero-order valence-electron chi connectivity index (χ0n) is 14.1. The van der Waals surface area contributed by atoms with Crippen molar-refractivity contribution in [3.8, 4) is 0 Å². The molecule has 0 atom stereocenters. The number of nitrogens with two attached hydrogens (primary N) is 1.